The molecule has 0 heterocycles. The van der Waals surface area contributed by atoms with E-state index >= 15 is 0 Å². The van der Waals surface area contributed by atoms with Crippen LogP contribution >= 0.6 is 0 Å². The van der Waals surface area contributed by atoms with E-state index in [4.69, 9.17) is 9.84 Å². The van der Waals surface area contributed by atoms with Crippen LogP contribution in [0.1, 0.15) is 11.1 Å². The van der Waals surface area contributed by atoms with E-state index in [2.05, 4.69) is 4.74 Å². The average Bonchev–Trinajstić information content (AvgIpc) is 2.41. The summed E-state index contributed by atoms with van der Waals surface area (Å²) in [5, 5.41) is 17.9. The summed E-state index contributed by atoms with van der Waals surface area (Å²) in [5.74, 6) is -2.35. The number of methoxy groups -OCH3 is 1. The predicted molar refractivity (Wildman–Crippen MR) is 66.9 cm³/mol. The molecule has 0 aliphatic rings. The number of carboxylic acids is 1. The highest BCUT2D eigenvalue weighted by Gasteiger charge is 2.71. The fourth-order valence-electron chi connectivity index (χ4n) is 1.91. The van der Waals surface area contributed by atoms with Crippen molar-refractivity contribution in [2.75, 3.05) is 13.7 Å². The van der Waals surface area contributed by atoms with Crippen molar-refractivity contribution in [2.24, 2.45) is 0 Å². The van der Waals surface area contributed by atoms with Crippen LogP contribution in [0, 0.1) is 6.92 Å². The Bertz CT molecular complexity index is 609. The largest absolute Gasteiger partial charge is 0.493 e. The predicted octanol–water partition coefficient (Wildman–Crippen LogP) is 2.78. The van der Waals surface area contributed by atoms with Crippen molar-refractivity contribution < 1.29 is 50.8 Å². The standard InChI is InChI=1S/C13H12F6O5/c1-6-3-7(11(22,12(14,15)16)13(17,18)19)4-8(23-2)10(6)24-5-9(20)21/h3-4,22H,5H2,1-2H3,(H,20,21). The molecule has 0 saturated heterocycles. The van der Waals surface area contributed by atoms with Gasteiger partial charge in [0.1, 0.15) is 0 Å². The first-order chi connectivity index (χ1) is 10.8. The Morgan fingerprint density at radius 3 is 2.00 bits per heavy atom. The molecule has 24 heavy (non-hydrogen) atoms. The molecule has 0 fully saturated rings. The first kappa shape index (κ1) is 19.9. The van der Waals surface area contributed by atoms with Gasteiger partial charge < -0.3 is 19.7 Å². The SMILES string of the molecule is COc1cc(C(O)(C(F)(F)F)C(F)(F)F)cc(C)c1OCC(=O)O. The number of carboxylic acid groups (broad SMARTS) is 1. The molecular formula is C13H12F6O5. The van der Waals surface area contributed by atoms with Gasteiger partial charge in [-0.25, -0.2) is 4.79 Å². The van der Waals surface area contributed by atoms with E-state index in [0.717, 1.165) is 14.0 Å². The summed E-state index contributed by atoms with van der Waals surface area (Å²) in [7, 11) is 0.937. The van der Waals surface area contributed by atoms with Crippen LogP contribution in [0.5, 0.6) is 11.5 Å². The lowest BCUT2D eigenvalue weighted by atomic mass is 9.90. The zero-order valence-electron chi connectivity index (χ0n) is 12.2. The molecule has 0 radical (unpaired) electrons. The molecule has 0 aromatic heterocycles. The van der Waals surface area contributed by atoms with Gasteiger partial charge in [-0.1, -0.05) is 0 Å². The molecule has 1 aromatic carbocycles. The molecule has 5 nitrogen and oxygen atoms in total. The van der Waals surface area contributed by atoms with Gasteiger partial charge in [0.05, 0.1) is 7.11 Å². The fourth-order valence-corrected chi connectivity index (χ4v) is 1.91. The van der Waals surface area contributed by atoms with Crippen molar-refractivity contribution in [3.8, 4) is 11.5 Å². The molecule has 11 heteroatoms. The molecule has 136 valence electrons. The van der Waals surface area contributed by atoms with Crippen molar-refractivity contribution in [3.63, 3.8) is 0 Å². The number of aliphatic hydroxyl groups is 1. The summed E-state index contributed by atoms with van der Waals surface area (Å²) in [6.45, 7) is 0.190. The maximum Gasteiger partial charge on any atom is 0.430 e. The van der Waals surface area contributed by atoms with Gasteiger partial charge in [0.2, 0.25) is 0 Å². The third kappa shape index (κ3) is 3.50. The lowest BCUT2D eigenvalue weighted by molar-refractivity contribution is -0.376. The maximum atomic E-state index is 12.9. The van der Waals surface area contributed by atoms with Gasteiger partial charge >= 0.3 is 18.3 Å². The Hall–Kier alpha value is -2.17. The molecule has 0 atom stereocenters. The van der Waals surface area contributed by atoms with Gasteiger partial charge in [0.15, 0.2) is 18.1 Å². The zero-order valence-corrected chi connectivity index (χ0v) is 12.2. The first-order valence-corrected chi connectivity index (χ1v) is 6.15. The van der Waals surface area contributed by atoms with Crippen LogP contribution in [0.4, 0.5) is 26.3 Å². The minimum Gasteiger partial charge on any atom is -0.493 e. The second-order valence-electron chi connectivity index (χ2n) is 4.71. The third-order valence-electron chi connectivity index (χ3n) is 3.04. The summed E-state index contributed by atoms with van der Waals surface area (Å²) in [5.41, 5.74) is -6.93. The van der Waals surface area contributed by atoms with Gasteiger partial charge in [-0.2, -0.15) is 26.3 Å². The van der Waals surface area contributed by atoms with Crippen molar-refractivity contribution in [3.05, 3.63) is 23.3 Å². The van der Waals surface area contributed by atoms with Crippen molar-refractivity contribution in [2.45, 2.75) is 24.9 Å². The van der Waals surface area contributed by atoms with Crippen LogP contribution in [0.3, 0.4) is 0 Å². The number of halogens is 6. The van der Waals surface area contributed by atoms with Crippen LogP contribution in [0.2, 0.25) is 0 Å². The first-order valence-electron chi connectivity index (χ1n) is 6.15. The van der Waals surface area contributed by atoms with Gasteiger partial charge in [-0.3, -0.25) is 0 Å². The number of aliphatic carboxylic acids is 1. The molecular weight excluding hydrogens is 350 g/mol. The fraction of sp³-hybridized carbons (Fsp3) is 0.462. The van der Waals surface area contributed by atoms with Crippen LogP contribution in [-0.4, -0.2) is 42.3 Å². The molecule has 0 aliphatic carbocycles. The van der Waals surface area contributed by atoms with E-state index in [-0.39, 0.29) is 11.3 Å². The topological polar surface area (TPSA) is 76.0 Å². The molecule has 2 N–H and O–H groups in total. The summed E-state index contributed by atoms with van der Waals surface area (Å²) >= 11 is 0. The third-order valence-corrected chi connectivity index (χ3v) is 3.04. The van der Waals surface area contributed by atoms with Gasteiger partial charge in [0, 0.05) is 5.56 Å². The average molecular weight is 362 g/mol. The Labute approximate surface area is 131 Å². The molecule has 0 spiro atoms. The lowest BCUT2D eigenvalue weighted by Gasteiger charge is -2.33. The molecule has 0 aliphatic heterocycles. The minimum atomic E-state index is -6.05. The van der Waals surface area contributed by atoms with E-state index in [0.29, 0.717) is 12.1 Å². The highest BCUT2D eigenvalue weighted by molar-refractivity contribution is 5.69. The molecule has 0 saturated carbocycles. The van der Waals surface area contributed by atoms with Crippen molar-refractivity contribution in [1.29, 1.82) is 0 Å². The Balaban J connectivity index is 3.55. The van der Waals surface area contributed by atoms with Gasteiger partial charge in [-0.15, -0.1) is 0 Å². The summed E-state index contributed by atoms with van der Waals surface area (Å²) in [6, 6.07) is 0.700. The lowest BCUT2D eigenvalue weighted by Crippen LogP contribution is -2.53. The zero-order chi connectivity index (χ0) is 18.9. The molecule has 1 aromatic rings. The summed E-state index contributed by atoms with van der Waals surface area (Å²) in [6.07, 6.45) is -12.1. The Morgan fingerprint density at radius 2 is 1.62 bits per heavy atom. The highest BCUT2D eigenvalue weighted by Crippen LogP contribution is 2.51. The van der Waals surface area contributed by atoms with Crippen molar-refractivity contribution >= 4 is 5.97 Å². The number of carbonyl (C=O) groups is 1. The normalized spacial score (nSPS) is 12.9. The van der Waals surface area contributed by atoms with E-state index in [9.17, 15) is 36.2 Å². The smallest absolute Gasteiger partial charge is 0.430 e. The Morgan fingerprint density at radius 1 is 1.12 bits per heavy atom. The number of aryl methyl sites for hydroxylation is 1. The van der Waals surface area contributed by atoms with Crippen LogP contribution in [-0.2, 0) is 10.4 Å². The highest BCUT2D eigenvalue weighted by atomic mass is 19.4. The summed E-state index contributed by atoms with van der Waals surface area (Å²) in [4.78, 5) is 10.5. The monoisotopic (exact) mass is 362 g/mol. The second-order valence-corrected chi connectivity index (χ2v) is 4.71. The van der Waals surface area contributed by atoms with Crippen LogP contribution in [0.15, 0.2) is 12.1 Å². The van der Waals surface area contributed by atoms with Gasteiger partial charge in [0.25, 0.3) is 5.60 Å². The molecule has 0 amide bonds. The van der Waals surface area contributed by atoms with Crippen molar-refractivity contribution in [1.82, 2.24) is 0 Å². The molecule has 1 rings (SSSR count). The number of rotatable bonds is 5. The second kappa shape index (κ2) is 6.38. The summed E-state index contributed by atoms with van der Waals surface area (Å²) < 4.78 is 86.8. The van der Waals surface area contributed by atoms with Gasteiger partial charge in [-0.05, 0) is 24.6 Å². The van der Waals surface area contributed by atoms with E-state index < -0.39 is 41.8 Å². The number of hydrogen-bond donors (Lipinski definition) is 2. The van der Waals surface area contributed by atoms with Crippen LogP contribution < -0.4 is 9.47 Å². The van der Waals surface area contributed by atoms with E-state index in [1.54, 1.807) is 0 Å². The van der Waals surface area contributed by atoms with E-state index in [1.165, 1.54) is 0 Å². The maximum absolute atomic E-state index is 12.9. The number of benzene rings is 1. The number of hydrogen-bond acceptors (Lipinski definition) is 4. The number of alkyl halides is 6. The number of ether oxygens (including phenoxy) is 2. The molecule has 0 unspecified atom stereocenters. The minimum absolute atomic E-state index is 0.280. The quantitative estimate of drug-likeness (QED) is 0.788. The molecule has 0 bridgehead atoms. The van der Waals surface area contributed by atoms with E-state index in [1.807, 2.05) is 0 Å². The van der Waals surface area contributed by atoms with Crippen LogP contribution in [0.25, 0.3) is 0 Å². The Kier molecular flexibility index (Phi) is 5.28.